The smallest absolute Gasteiger partial charge is 0.181 e. The number of hydrogen-bond acceptors (Lipinski definition) is 7. The van der Waals surface area contributed by atoms with E-state index < -0.39 is 12.0 Å². The number of nitrogens with zero attached hydrogens (tertiary/aromatic N) is 8. The summed E-state index contributed by atoms with van der Waals surface area (Å²) in [5.74, 6) is 0.0669. The molecule has 1 N–H and O–H groups in total. The quantitative estimate of drug-likeness (QED) is 0.404. The van der Waals surface area contributed by atoms with Crippen molar-refractivity contribution in [3.63, 3.8) is 0 Å². The number of fused-ring (bicyclic) bond motifs is 2. The maximum atomic E-state index is 15.6. The van der Waals surface area contributed by atoms with E-state index in [1.54, 1.807) is 54.2 Å². The second kappa shape index (κ2) is 8.90. The Morgan fingerprint density at radius 3 is 2.73 bits per heavy atom. The van der Waals surface area contributed by atoms with Crippen molar-refractivity contribution in [2.45, 2.75) is 18.6 Å². The Morgan fingerprint density at radius 1 is 1.16 bits per heavy atom. The maximum Gasteiger partial charge on any atom is 0.181 e. The summed E-state index contributed by atoms with van der Waals surface area (Å²) >= 11 is 0. The van der Waals surface area contributed by atoms with Crippen LogP contribution in [0.1, 0.15) is 12.0 Å². The molecule has 0 saturated carbocycles. The molecule has 1 aliphatic heterocycles. The summed E-state index contributed by atoms with van der Waals surface area (Å²) in [4.78, 5) is 11.4. The van der Waals surface area contributed by atoms with Gasteiger partial charge in [0.2, 0.25) is 0 Å². The molecule has 1 aliphatic rings. The fourth-order valence-electron chi connectivity index (χ4n) is 5.00. The highest BCUT2D eigenvalue weighted by molar-refractivity contribution is 5.89. The van der Waals surface area contributed by atoms with Crippen molar-refractivity contribution in [2.75, 3.05) is 25.0 Å². The molecule has 2 aromatic carbocycles. The van der Waals surface area contributed by atoms with Crippen molar-refractivity contribution in [1.29, 1.82) is 5.26 Å². The Hall–Kier alpha value is -4.43. The number of benzene rings is 2. The summed E-state index contributed by atoms with van der Waals surface area (Å²) in [5, 5.41) is 20.6. The summed E-state index contributed by atoms with van der Waals surface area (Å²) < 4.78 is 33.6. The van der Waals surface area contributed by atoms with Crippen LogP contribution in [-0.4, -0.2) is 61.7 Å². The molecule has 6 rings (SSSR count). The molecule has 3 aromatic heterocycles. The van der Waals surface area contributed by atoms with E-state index in [-0.39, 0.29) is 12.6 Å². The molecule has 1 fully saturated rings. The lowest BCUT2D eigenvalue weighted by atomic mass is 10.0. The SMILES string of the molecule is CN[C@@H]1C[C@H](F)CN(c2nccn3c(-c4cc5nnn(C)c5cc4F)c(-c4ccc(C#N)cc4)nc23)C1. The number of aromatic nitrogens is 6. The van der Waals surface area contributed by atoms with E-state index in [2.05, 4.69) is 26.7 Å². The van der Waals surface area contributed by atoms with E-state index in [1.807, 2.05) is 11.9 Å². The van der Waals surface area contributed by atoms with Crippen LogP contribution in [0.25, 0.3) is 39.2 Å². The minimum Gasteiger partial charge on any atom is -0.349 e. The van der Waals surface area contributed by atoms with Gasteiger partial charge in [0.05, 0.1) is 35.1 Å². The lowest BCUT2D eigenvalue weighted by Gasteiger charge is -2.35. The predicted octanol–water partition coefficient (Wildman–Crippen LogP) is 3.49. The number of rotatable bonds is 4. The highest BCUT2D eigenvalue weighted by Gasteiger charge is 2.30. The van der Waals surface area contributed by atoms with Gasteiger partial charge in [0.1, 0.15) is 17.5 Å². The van der Waals surface area contributed by atoms with Gasteiger partial charge < -0.3 is 10.2 Å². The van der Waals surface area contributed by atoms with Crippen LogP contribution in [-0.2, 0) is 7.05 Å². The number of imidazole rings is 1. The van der Waals surface area contributed by atoms with Crippen molar-refractivity contribution < 1.29 is 8.78 Å². The average molecular weight is 500 g/mol. The molecule has 11 heteroatoms. The number of hydrogen-bond donors (Lipinski definition) is 1. The summed E-state index contributed by atoms with van der Waals surface area (Å²) in [7, 11) is 3.52. The molecule has 37 heavy (non-hydrogen) atoms. The van der Waals surface area contributed by atoms with Gasteiger partial charge in [-0.25, -0.2) is 23.4 Å². The first-order chi connectivity index (χ1) is 18.0. The van der Waals surface area contributed by atoms with Crippen LogP contribution in [0, 0.1) is 17.1 Å². The van der Waals surface area contributed by atoms with Gasteiger partial charge in [0, 0.05) is 49.2 Å². The Kier molecular flexibility index (Phi) is 5.53. The number of aryl methyl sites for hydroxylation is 1. The molecule has 0 aliphatic carbocycles. The maximum absolute atomic E-state index is 15.6. The van der Waals surface area contributed by atoms with Crippen LogP contribution in [0.15, 0.2) is 48.8 Å². The summed E-state index contributed by atoms with van der Waals surface area (Å²) in [6.07, 6.45) is 2.75. The van der Waals surface area contributed by atoms with Gasteiger partial charge in [-0.15, -0.1) is 5.10 Å². The lowest BCUT2D eigenvalue weighted by Crippen LogP contribution is -2.49. The largest absolute Gasteiger partial charge is 0.349 e. The minimum atomic E-state index is -1.02. The second-order valence-electron chi connectivity index (χ2n) is 9.20. The van der Waals surface area contributed by atoms with Gasteiger partial charge in [-0.2, -0.15) is 5.26 Å². The number of halogens is 2. The van der Waals surface area contributed by atoms with E-state index in [9.17, 15) is 9.65 Å². The fraction of sp³-hybridized carbons (Fsp3) is 0.269. The molecule has 0 bridgehead atoms. The Morgan fingerprint density at radius 2 is 1.97 bits per heavy atom. The molecule has 9 nitrogen and oxygen atoms in total. The van der Waals surface area contributed by atoms with Crippen molar-refractivity contribution in [2.24, 2.45) is 7.05 Å². The number of piperidine rings is 1. The topological polar surface area (TPSA) is 100.0 Å². The third-order valence-corrected chi connectivity index (χ3v) is 6.87. The molecule has 1 saturated heterocycles. The summed E-state index contributed by atoms with van der Waals surface area (Å²) in [5.41, 5.74) is 4.13. The van der Waals surface area contributed by atoms with E-state index in [0.717, 1.165) is 0 Å². The zero-order valence-electron chi connectivity index (χ0n) is 20.2. The van der Waals surface area contributed by atoms with E-state index in [4.69, 9.17) is 4.98 Å². The lowest BCUT2D eigenvalue weighted by molar-refractivity contribution is 0.254. The van der Waals surface area contributed by atoms with Crippen LogP contribution in [0.5, 0.6) is 0 Å². The molecule has 2 atom stereocenters. The Balaban J connectivity index is 1.61. The summed E-state index contributed by atoms with van der Waals surface area (Å²) in [6, 6.07) is 12.1. The molecule has 0 unspecified atom stereocenters. The summed E-state index contributed by atoms with van der Waals surface area (Å²) in [6.45, 7) is 0.761. The first-order valence-corrected chi connectivity index (χ1v) is 11.9. The van der Waals surface area contributed by atoms with Crippen LogP contribution in [0.2, 0.25) is 0 Å². The molecule has 0 spiro atoms. The first kappa shape index (κ1) is 23.0. The monoisotopic (exact) mass is 499 g/mol. The van der Waals surface area contributed by atoms with E-state index >= 15 is 4.39 Å². The van der Waals surface area contributed by atoms with Crippen LogP contribution in [0.4, 0.5) is 14.6 Å². The Bertz CT molecular complexity index is 1670. The van der Waals surface area contributed by atoms with Crippen molar-refractivity contribution in [3.8, 4) is 28.6 Å². The van der Waals surface area contributed by atoms with Crippen molar-refractivity contribution in [1.82, 2.24) is 34.7 Å². The zero-order valence-corrected chi connectivity index (χ0v) is 20.2. The molecule has 5 aromatic rings. The molecule has 4 heterocycles. The molecule has 0 radical (unpaired) electrons. The molecule has 0 amide bonds. The van der Waals surface area contributed by atoms with E-state index in [1.165, 1.54) is 10.7 Å². The third-order valence-electron chi connectivity index (χ3n) is 6.87. The van der Waals surface area contributed by atoms with Gasteiger partial charge in [-0.05, 0) is 31.7 Å². The first-order valence-electron chi connectivity index (χ1n) is 11.9. The minimum absolute atomic E-state index is 0.0326. The van der Waals surface area contributed by atoms with Gasteiger partial charge in [0.25, 0.3) is 0 Å². The highest BCUT2D eigenvalue weighted by Crippen LogP contribution is 2.38. The van der Waals surface area contributed by atoms with Crippen LogP contribution >= 0.6 is 0 Å². The number of nitrogens with one attached hydrogen (secondary N) is 1. The fourth-order valence-corrected chi connectivity index (χ4v) is 5.00. The Labute approximate surface area is 211 Å². The van der Waals surface area contributed by atoms with Gasteiger partial charge >= 0.3 is 0 Å². The van der Waals surface area contributed by atoms with Gasteiger partial charge in [0.15, 0.2) is 11.5 Å². The van der Waals surface area contributed by atoms with Crippen LogP contribution < -0.4 is 10.2 Å². The number of anilines is 1. The van der Waals surface area contributed by atoms with Gasteiger partial charge in [-0.1, -0.05) is 17.3 Å². The normalized spacial score (nSPS) is 18.0. The third kappa shape index (κ3) is 3.86. The zero-order chi connectivity index (χ0) is 25.7. The second-order valence-corrected chi connectivity index (χ2v) is 9.20. The highest BCUT2D eigenvalue weighted by atomic mass is 19.1. The van der Waals surface area contributed by atoms with Crippen molar-refractivity contribution in [3.05, 3.63) is 60.2 Å². The average Bonchev–Trinajstić information content (AvgIpc) is 3.48. The predicted molar refractivity (Wildman–Crippen MR) is 135 cm³/mol. The molecule has 186 valence electrons. The van der Waals surface area contributed by atoms with Crippen molar-refractivity contribution >= 4 is 22.5 Å². The standard InChI is InChI=1S/C26H23F2N9/c1-30-18-9-17(27)13-36(14-18)25-26-32-23(16-5-3-15(12-29)4-6-16)24(37(26)8-7-31-25)19-10-21-22(11-20(19)28)35(2)34-33-21/h3-8,10-11,17-18,30H,9,13-14H2,1-2H3/t17-,18+/m0/s1. The molecular formula is C26H23F2N9. The number of nitriles is 1. The number of likely N-dealkylation sites (N-methyl/N-ethyl adjacent to an activating group) is 1. The number of alkyl halides is 1. The van der Waals surface area contributed by atoms with Gasteiger partial charge in [-0.3, -0.25) is 4.40 Å². The van der Waals surface area contributed by atoms with E-state index in [0.29, 0.717) is 63.5 Å². The van der Waals surface area contributed by atoms with Crippen LogP contribution in [0.3, 0.4) is 0 Å². The molecular weight excluding hydrogens is 476 g/mol.